The summed E-state index contributed by atoms with van der Waals surface area (Å²) in [5.74, 6) is 0. The van der Waals surface area contributed by atoms with Crippen LogP contribution in [0.15, 0.2) is 0 Å². The van der Waals surface area contributed by atoms with E-state index in [9.17, 15) is 14.4 Å². The first kappa shape index (κ1) is 15.0. The second kappa shape index (κ2) is 9.27. The van der Waals surface area contributed by atoms with Crippen molar-refractivity contribution in [2.75, 3.05) is 33.0 Å². The van der Waals surface area contributed by atoms with Crippen molar-refractivity contribution in [3.05, 3.63) is 0 Å². The average Bonchev–Trinajstić information content (AvgIpc) is 2.14. The molecule has 6 nitrogen and oxygen atoms in total. The predicted octanol–water partition coefficient (Wildman–Crippen LogP) is -0.335. The third kappa shape index (κ3) is 14.0. The Morgan fingerprint density at radius 3 is 2.07 bits per heavy atom. The van der Waals surface area contributed by atoms with E-state index in [0.29, 0.717) is 19.8 Å². The van der Waals surface area contributed by atoms with Crippen LogP contribution in [-0.2, 0) is 18.6 Å². The van der Waals surface area contributed by atoms with Gasteiger partial charge >= 0.3 is 0 Å². The molecule has 0 aromatic heterocycles. The molecule has 0 aliphatic rings. The van der Waals surface area contributed by atoms with Gasteiger partial charge in [-0.1, -0.05) is 13.3 Å². The number of hydrogen-bond donors (Lipinski definition) is 0. The van der Waals surface area contributed by atoms with Crippen molar-refractivity contribution in [1.29, 1.82) is 0 Å². The average molecular weight is 240 g/mol. The number of phosphoric ester groups is 1. The highest BCUT2D eigenvalue weighted by atomic mass is 31.2. The third-order valence-corrected chi connectivity index (χ3v) is 1.99. The van der Waals surface area contributed by atoms with Crippen LogP contribution in [0.25, 0.3) is 0 Å². The minimum Gasteiger partial charge on any atom is -0.790 e. The van der Waals surface area contributed by atoms with Gasteiger partial charge in [0.15, 0.2) is 0 Å². The SMILES string of the molecule is CCCCOCCOCCOP(=O)([O-])[O-]. The van der Waals surface area contributed by atoms with Crippen molar-refractivity contribution in [1.82, 2.24) is 0 Å². The lowest BCUT2D eigenvalue weighted by molar-refractivity contribution is -0.342. The molecule has 0 aliphatic heterocycles. The van der Waals surface area contributed by atoms with E-state index in [1.54, 1.807) is 0 Å². The van der Waals surface area contributed by atoms with Gasteiger partial charge in [-0.15, -0.1) is 0 Å². The molecule has 0 aromatic rings. The molecule has 0 fully saturated rings. The van der Waals surface area contributed by atoms with Crippen molar-refractivity contribution in [3.8, 4) is 0 Å². The number of unbranched alkanes of at least 4 members (excludes halogenated alkanes) is 1. The first-order valence-corrected chi connectivity index (χ1v) is 6.34. The zero-order chi connectivity index (χ0) is 11.6. The van der Waals surface area contributed by atoms with Gasteiger partial charge in [0.2, 0.25) is 0 Å². The number of rotatable bonds is 10. The highest BCUT2D eigenvalue weighted by Crippen LogP contribution is 2.23. The normalized spacial score (nSPS) is 11.9. The fraction of sp³-hybridized carbons (Fsp3) is 1.00. The molecule has 15 heavy (non-hydrogen) atoms. The van der Waals surface area contributed by atoms with E-state index in [-0.39, 0.29) is 13.2 Å². The van der Waals surface area contributed by atoms with E-state index >= 15 is 0 Å². The van der Waals surface area contributed by atoms with Gasteiger partial charge in [-0.2, -0.15) is 0 Å². The van der Waals surface area contributed by atoms with Gasteiger partial charge in [0, 0.05) is 6.61 Å². The molecule has 0 saturated heterocycles. The van der Waals surface area contributed by atoms with E-state index in [1.807, 2.05) is 0 Å². The summed E-state index contributed by atoms with van der Waals surface area (Å²) < 4.78 is 24.1. The van der Waals surface area contributed by atoms with Crippen LogP contribution in [0.3, 0.4) is 0 Å². The fourth-order valence-electron chi connectivity index (χ4n) is 0.776. The molecule has 0 saturated carbocycles. The fourth-order valence-corrected chi connectivity index (χ4v) is 1.07. The lowest BCUT2D eigenvalue weighted by Crippen LogP contribution is -2.18. The Labute approximate surface area is 89.8 Å². The summed E-state index contributed by atoms with van der Waals surface area (Å²) in [5, 5.41) is 0. The maximum absolute atomic E-state index is 10.0. The number of phosphoric acid groups is 1. The lowest BCUT2D eigenvalue weighted by atomic mass is 10.4. The molecule has 7 heteroatoms. The summed E-state index contributed by atoms with van der Waals surface area (Å²) in [4.78, 5) is 20.0. The minimum absolute atomic E-state index is 0.0750. The van der Waals surface area contributed by atoms with Crippen molar-refractivity contribution in [2.24, 2.45) is 0 Å². The summed E-state index contributed by atoms with van der Waals surface area (Å²) in [6.07, 6.45) is 2.09. The molecule has 92 valence electrons. The molecule has 0 heterocycles. The monoisotopic (exact) mass is 240 g/mol. The minimum atomic E-state index is -4.85. The lowest BCUT2D eigenvalue weighted by Gasteiger charge is -2.28. The molecular formula is C8H17O6P-2. The molecule has 0 rings (SSSR count). The summed E-state index contributed by atoms with van der Waals surface area (Å²) in [7, 11) is -4.85. The quantitative estimate of drug-likeness (QED) is 0.383. The van der Waals surface area contributed by atoms with E-state index in [0.717, 1.165) is 12.8 Å². The van der Waals surface area contributed by atoms with Crippen LogP contribution in [0.1, 0.15) is 19.8 Å². The Morgan fingerprint density at radius 2 is 1.53 bits per heavy atom. The van der Waals surface area contributed by atoms with Crippen molar-refractivity contribution in [3.63, 3.8) is 0 Å². The maximum atomic E-state index is 10.0. The van der Waals surface area contributed by atoms with Crippen molar-refractivity contribution in [2.45, 2.75) is 19.8 Å². The van der Waals surface area contributed by atoms with Gasteiger partial charge in [-0.05, 0) is 6.42 Å². The first-order chi connectivity index (χ1) is 7.06. The van der Waals surface area contributed by atoms with Crippen LogP contribution in [0.5, 0.6) is 0 Å². The predicted molar refractivity (Wildman–Crippen MR) is 50.1 cm³/mol. The Hall–Kier alpha value is 0.0300. The highest BCUT2D eigenvalue weighted by Gasteiger charge is 1.92. The van der Waals surface area contributed by atoms with Gasteiger partial charge in [-0.3, -0.25) is 0 Å². The van der Waals surface area contributed by atoms with Gasteiger partial charge < -0.3 is 28.3 Å². The Morgan fingerprint density at radius 1 is 1.00 bits per heavy atom. The Bertz CT molecular complexity index is 180. The van der Waals surface area contributed by atoms with Crippen LogP contribution in [0, 0.1) is 0 Å². The van der Waals surface area contributed by atoms with Crippen molar-refractivity contribution < 1.29 is 28.3 Å². The zero-order valence-corrected chi connectivity index (χ0v) is 9.74. The standard InChI is InChI=1S/C8H19O6P/c1-2-3-4-12-5-6-13-7-8-14-15(9,10)11/h2-8H2,1H3,(H2,9,10,11)/p-2. The van der Waals surface area contributed by atoms with E-state index in [4.69, 9.17) is 9.47 Å². The van der Waals surface area contributed by atoms with Crippen LogP contribution in [0.4, 0.5) is 0 Å². The summed E-state index contributed by atoms with van der Waals surface area (Å²) in [6, 6.07) is 0. The smallest absolute Gasteiger partial charge is 0.0752 e. The number of ether oxygens (including phenoxy) is 2. The molecule has 0 radical (unpaired) electrons. The molecule has 0 N–H and O–H groups in total. The van der Waals surface area contributed by atoms with E-state index in [2.05, 4.69) is 11.4 Å². The molecule has 0 unspecified atom stereocenters. The molecule has 0 spiro atoms. The molecule has 0 aliphatic carbocycles. The topological polar surface area (TPSA) is 90.9 Å². The maximum Gasteiger partial charge on any atom is 0.0752 e. The van der Waals surface area contributed by atoms with Gasteiger partial charge in [0.05, 0.1) is 34.3 Å². The van der Waals surface area contributed by atoms with Gasteiger partial charge in [-0.25, -0.2) is 0 Å². The van der Waals surface area contributed by atoms with Gasteiger partial charge in [0.1, 0.15) is 0 Å². The second-order valence-corrected chi connectivity index (χ2v) is 4.01. The van der Waals surface area contributed by atoms with Crippen LogP contribution >= 0.6 is 7.82 Å². The van der Waals surface area contributed by atoms with Crippen molar-refractivity contribution >= 4 is 7.82 Å². The Kier molecular flexibility index (Phi) is 9.29. The molecule has 0 bridgehead atoms. The van der Waals surface area contributed by atoms with Crippen LogP contribution in [0.2, 0.25) is 0 Å². The molecule has 0 aromatic carbocycles. The van der Waals surface area contributed by atoms with E-state index in [1.165, 1.54) is 0 Å². The molecule has 0 atom stereocenters. The third-order valence-electron chi connectivity index (χ3n) is 1.49. The molecule has 0 amide bonds. The summed E-state index contributed by atoms with van der Waals surface area (Å²) >= 11 is 0. The first-order valence-electron chi connectivity index (χ1n) is 4.88. The van der Waals surface area contributed by atoms with Gasteiger partial charge in [0.25, 0.3) is 0 Å². The second-order valence-electron chi connectivity index (χ2n) is 2.86. The largest absolute Gasteiger partial charge is 0.790 e. The Balaban J connectivity index is 3.02. The highest BCUT2D eigenvalue weighted by molar-refractivity contribution is 7.43. The zero-order valence-electron chi connectivity index (χ0n) is 8.85. The number of hydrogen-bond acceptors (Lipinski definition) is 6. The molecular weight excluding hydrogens is 223 g/mol. The summed E-state index contributed by atoms with van der Waals surface area (Å²) in [5.41, 5.74) is 0. The van der Waals surface area contributed by atoms with Crippen LogP contribution < -0.4 is 9.79 Å². The van der Waals surface area contributed by atoms with E-state index < -0.39 is 7.82 Å². The van der Waals surface area contributed by atoms with Crippen LogP contribution in [-0.4, -0.2) is 33.0 Å². The summed E-state index contributed by atoms with van der Waals surface area (Å²) in [6.45, 7) is 3.44.